The minimum absolute atomic E-state index is 0.100. The molecule has 0 aromatic carbocycles. The SMILES string of the molecule is CCOC(=O)CS(=O)(=O)CC(C)C(=O)O. The lowest BCUT2D eigenvalue weighted by atomic mass is 10.2. The molecule has 0 saturated heterocycles. The number of carbonyl (C=O) groups is 2. The lowest BCUT2D eigenvalue weighted by Gasteiger charge is -2.06. The molecule has 7 heteroatoms. The van der Waals surface area contributed by atoms with E-state index < -0.39 is 39.2 Å². The van der Waals surface area contributed by atoms with Crippen molar-refractivity contribution < 1.29 is 27.9 Å². The quantitative estimate of drug-likeness (QED) is 0.637. The molecule has 0 aromatic heterocycles. The Labute approximate surface area is 88.2 Å². The minimum atomic E-state index is -3.70. The van der Waals surface area contributed by atoms with Crippen molar-refractivity contribution >= 4 is 21.8 Å². The second kappa shape index (κ2) is 5.69. The van der Waals surface area contributed by atoms with Gasteiger partial charge in [0, 0.05) is 0 Å². The Kier molecular flexibility index (Phi) is 5.27. The zero-order chi connectivity index (χ0) is 12.1. The summed E-state index contributed by atoms with van der Waals surface area (Å²) in [7, 11) is -3.70. The summed E-state index contributed by atoms with van der Waals surface area (Å²) in [6, 6.07) is 0. The number of hydrogen-bond acceptors (Lipinski definition) is 5. The van der Waals surface area contributed by atoms with Gasteiger partial charge in [-0.25, -0.2) is 8.42 Å². The Balaban J connectivity index is 4.32. The summed E-state index contributed by atoms with van der Waals surface area (Å²) >= 11 is 0. The molecule has 0 amide bonds. The smallest absolute Gasteiger partial charge is 0.321 e. The van der Waals surface area contributed by atoms with Crippen LogP contribution in [0.15, 0.2) is 0 Å². The average Bonchev–Trinajstić information content (AvgIpc) is 2.01. The number of aliphatic carboxylic acids is 1. The molecule has 0 bridgehead atoms. The van der Waals surface area contributed by atoms with Crippen molar-refractivity contribution in [1.29, 1.82) is 0 Å². The fourth-order valence-corrected chi connectivity index (χ4v) is 2.36. The fourth-order valence-electron chi connectivity index (χ4n) is 0.893. The van der Waals surface area contributed by atoms with Gasteiger partial charge < -0.3 is 9.84 Å². The van der Waals surface area contributed by atoms with E-state index in [2.05, 4.69) is 4.74 Å². The first kappa shape index (κ1) is 13.9. The maximum Gasteiger partial charge on any atom is 0.321 e. The van der Waals surface area contributed by atoms with Crippen molar-refractivity contribution in [3.05, 3.63) is 0 Å². The largest absolute Gasteiger partial charge is 0.481 e. The minimum Gasteiger partial charge on any atom is -0.481 e. The number of ether oxygens (including phenoxy) is 1. The summed E-state index contributed by atoms with van der Waals surface area (Å²) in [6.45, 7) is 2.93. The van der Waals surface area contributed by atoms with Gasteiger partial charge in [-0.2, -0.15) is 0 Å². The molecule has 0 aliphatic heterocycles. The van der Waals surface area contributed by atoms with E-state index in [0.29, 0.717) is 0 Å². The van der Waals surface area contributed by atoms with Crippen LogP contribution in [0.3, 0.4) is 0 Å². The van der Waals surface area contributed by atoms with Gasteiger partial charge >= 0.3 is 11.9 Å². The average molecular weight is 238 g/mol. The second-order valence-corrected chi connectivity index (χ2v) is 5.21. The highest BCUT2D eigenvalue weighted by molar-refractivity contribution is 7.92. The summed E-state index contributed by atoms with van der Waals surface area (Å²) in [5, 5.41) is 8.50. The molecule has 0 heterocycles. The first-order chi connectivity index (χ1) is 6.78. The highest BCUT2D eigenvalue weighted by Crippen LogP contribution is 2.03. The highest BCUT2D eigenvalue weighted by atomic mass is 32.2. The van der Waals surface area contributed by atoms with Gasteiger partial charge in [-0.15, -0.1) is 0 Å². The van der Waals surface area contributed by atoms with Crippen molar-refractivity contribution in [2.45, 2.75) is 13.8 Å². The van der Waals surface area contributed by atoms with E-state index >= 15 is 0 Å². The van der Waals surface area contributed by atoms with E-state index in [4.69, 9.17) is 5.11 Å². The van der Waals surface area contributed by atoms with Gasteiger partial charge in [0.05, 0.1) is 18.3 Å². The summed E-state index contributed by atoms with van der Waals surface area (Å²) in [4.78, 5) is 21.3. The van der Waals surface area contributed by atoms with Gasteiger partial charge in [-0.05, 0) is 6.92 Å². The van der Waals surface area contributed by atoms with Crippen LogP contribution in [-0.4, -0.2) is 43.6 Å². The molecule has 1 unspecified atom stereocenters. The molecule has 0 aliphatic rings. The summed E-state index contributed by atoms with van der Waals surface area (Å²) in [6.07, 6.45) is 0. The molecular formula is C8H14O6S. The molecule has 1 atom stereocenters. The van der Waals surface area contributed by atoms with Crippen LogP contribution < -0.4 is 0 Å². The molecule has 0 aliphatic carbocycles. The lowest BCUT2D eigenvalue weighted by molar-refractivity contribution is -0.141. The Morgan fingerprint density at radius 2 is 1.93 bits per heavy atom. The topological polar surface area (TPSA) is 97.7 Å². The zero-order valence-corrected chi connectivity index (χ0v) is 9.41. The monoisotopic (exact) mass is 238 g/mol. The third-order valence-corrected chi connectivity index (χ3v) is 3.25. The standard InChI is InChI=1S/C8H14O6S/c1-3-14-7(9)5-15(12,13)4-6(2)8(10)11/h6H,3-5H2,1-2H3,(H,10,11). The number of carbonyl (C=O) groups excluding carboxylic acids is 1. The fraction of sp³-hybridized carbons (Fsp3) is 0.750. The number of carboxylic acid groups (broad SMARTS) is 1. The van der Waals surface area contributed by atoms with E-state index in [0.717, 1.165) is 0 Å². The molecule has 15 heavy (non-hydrogen) atoms. The Morgan fingerprint density at radius 3 is 2.33 bits per heavy atom. The van der Waals surface area contributed by atoms with Crippen LogP contribution >= 0.6 is 0 Å². The molecular weight excluding hydrogens is 224 g/mol. The molecule has 0 aromatic rings. The number of esters is 1. The van der Waals surface area contributed by atoms with Crippen LogP contribution in [0.1, 0.15) is 13.8 Å². The van der Waals surface area contributed by atoms with Crippen LogP contribution in [0.25, 0.3) is 0 Å². The highest BCUT2D eigenvalue weighted by Gasteiger charge is 2.24. The lowest BCUT2D eigenvalue weighted by Crippen LogP contribution is -2.27. The predicted octanol–water partition coefficient (Wildman–Crippen LogP) is -0.315. The summed E-state index contributed by atoms with van der Waals surface area (Å²) in [5.41, 5.74) is 0. The summed E-state index contributed by atoms with van der Waals surface area (Å²) in [5.74, 6) is -4.40. The molecule has 0 spiro atoms. The molecule has 0 fully saturated rings. The Bertz CT molecular complexity index is 331. The van der Waals surface area contributed by atoms with E-state index in [-0.39, 0.29) is 6.61 Å². The molecule has 6 nitrogen and oxygen atoms in total. The third-order valence-electron chi connectivity index (χ3n) is 1.57. The third kappa shape index (κ3) is 6.05. The molecule has 88 valence electrons. The molecule has 0 saturated carbocycles. The maximum atomic E-state index is 11.3. The normalized spacial score (nSPS) is 13.2. The van der Waals surface area contributed by atoms with Gasteiger partial charge in [0.2, 0.25) is 0 Å². The second-order valence-electron chi connectivity index (χ2n) is 3.10. The molecule has 1 N–H and O–H groups in total. The number of rotatable bonds is 6. The van der Waals surface area contributed by atoms with Gasteiger partial charge in [0.25, 0.3) is 0 Å². The predicted molar refractivity (Wildman–Crippen MR) is 52.1 cm³/mol. The van der Waals surface area contributed by atoms with Crippen LogP contribution in [0.2, 0.25) is 0 Å². The molecule has 0 rings (SSSR count). The van der Waals surface area contributed by atoms with Gasteiger partial charge in [0.15, 0.2) is 9.84 Å². The van der Waals surface area contributed by atoms with Gasteiger partial charge in [0.1, 0.15) is 5.75 Å². The van der Waals surface area contributed by atoms with Crippen molar-refractivity contribution in [3.8, 4) is 0 Å². The van der Waals surface area contributed by atoms with Crippen LogP contribution in [0.5, 0.6) is 0 Å². The van der Waals surface area contributed by atoms with Crippen LogP contribution in [-0.2, 0) is 24.2 Å². The number of hydrogen-bond donors (Lipinski definition) is 1. The van der Waals surface area contributed by atoms with Crippen molar-refractivity contribution in [2.24, 2.45) is 5.92 Å². The van der Waals surface area contributed by atoms with E-state index in [1.165, 1.54) is 6.92 Å². The van der Waals surface area contributed by atoms with Gasteiger partial charge in [-0.3, -0.25) is 9.59 Å². The number of carboxylic acids is 1. The van der Waals surface area contributed by atoms with Crippen molar-refractivity contribution in [3.63, 3.8) is 0 Å². The van der Waals surface area contributed by atoms with Gasteiger partial charge in [-0.1, -0.05) is 6.92 Å². The Hall–Kier alpha value is -1.11. The van der Waals surface area contributed by atoms with Crippen molar-refractivity contribution in [2.75, 3.05) is 18.1 Å². The van der Waals surface area contributed by atoms with E-state index in [9.17, 15) is 18.0 Å². The molecule has 0 radical (unpaired) electrons. The zero-order valence-electron chi connectivity index (χ0n) is 8.60. The first-order valence-corrected chi connectivity index (χ1v) is 6.19. The van der Waals surface area contributed by atoms with Crippen molar-refractivity contribution in [1.82, 2.24) is 0 Å². The van der Waals surface area contributed by atoms with Crippen LogP contribution in [0, 0.1) is 5.92 Å². The number of sulfone groups is 1. The Morgan fingerprint density at radius 1 is 1.40 bits per heavy atom. The summed E-state index contributed by atoms with van der Waals surface area (Å²) < 4.78 is 27.0. The van der Waals surface area contributed by atoms with Crippen LogP contribution in [0.4, 0.5) is 0 Å². The van der Waals surface area contributed by atoms with E-state index in [1.807, 2.05) is 0 Å². The first-order valence-electron chi connectivity index (χ1n) is 4.37. The maximum absolute atomic E-state index is 11.3. The van der Waals surface area contributed by atoms with E-state index in [1.54, 1.807) is 6.92 Å².